The summed E-state index contributed by atoms with van der Waals surface area (Å²) in [4.78, 5) is 30.8. The molecular weight excluding hydrogens is 316 g/mol. The molecule has 3 aliphatic heterocycles. The fourth-order valence-corrected chi connectivity index (χ4v) is 4.26. The van der Waals surface area contributed by atoms with Gasteiger partial charge >= 0.3 is 6.03 Å². The zero-order valence-corrected chi connectivity index (χ0v) is 14.6. The molecule has 3 heterocycles. The molecule has 0 bridgehead atoms. The molecular formula is C19H26N4O2. The molecule has 134 valence electrons. The van der Waals surface area contributed by atoms with Gasteiger partial charge in [0.2, 0.25) is 5.91 Å². The molecule has 6 heteroatoms. The van der Waals surface area contributed by atoms with Crippen LogP contribution >= 0.6 is 0 Å². The van der Waals surface area contributed by atoms with Crippen LogP contribution in [0.4, 0.5) is 4.79 Å². The summed E-state index contributed by atoms with van der Waals surface area (Å²) in [5.74, 6) is 0.209. The Kier molecular flexibility index (Phi) is 4.61. The molecule has 1 aromatic rings. The molecule has 0 saturated carbocycles. The first kappa shape index (κ1) is 16.4. The quantitative estimate of drug-likeness (QED) is 0.894. The third-order valence-corrected chi connectivity index (χ3v) is 5.65. The van der Waals surface area contributed by atoms with Crippen LogP contribution in [0.2, 0.25) is 0 Å². The van der Waals surface area contributed by atoms with Gasteiger partial charge < -0.3 is 15.1 Å². The largest absolute Gasteiger partial charge is 0.337 e. The molecule has 0 aromatic heterocycles. The molecule has 0 spiro atoms. The normalized spacial score (nSPS) is 24.2. The van der Waals surface area contributed by atoms with Crippen molar-refractivity contribution in [3.8, 4) is 0 Å². The summed E-state index contributed by atoms with van der Waals surface area (Å²) in [6.45, 7) is 5.28. The zero-order valence-electron chi connectivity index (χ0n) is 14.6. The molecule has 1 atom stereocenters. The van der Waals surface area contributed by atoms with E-state index in [0.717, 1.165) is 58.5 Å². The van der Waals surface area contributed by atoms with E-state index in [1.54, 1.807) is 0 Å². The second-order valence-electron chi connectivity index (χ2n) is 7.29. The van der Waals surface area contributed by atoms with Crippen LogP contribution in [-0.2, 0) is 17.8 Å². The maximum Gasteiger partial charge on any atom is 0.317 e. The van der Waals surface area contributed by atoms with E-state index in [-0.39, 0.29) is 18.0 Å². The van der Waals surface area contributed by atoms with E-state index in [4.69, 9.17) is 0 Å². The van der Waals surface area contributed by atoms with Gasteiger partial charge in [0.05, 0.1) is 6.54 Å². The highest BCUT2D eigenvalue weighted by Gasteiger charge is 2.32. The summed E-state index contributed by atoms with van der Waals surface area (Å²) in [7, 11) is 0. The number of nitrogens with one attached hydrogen (secondary N) is 1. The van der Waals surface area contributed by atoms with Crippen LogP contribution in [-0.4, -0.2) is 71.9 Å². The van der Waals surface area contributed by atoms with Gasteiger partial charge in [-0.25, -0.2) is 4.79 Å². The number of carbonyl (C=O) groups excluding carboxylic acids is 2. The SMILES string of the molecule is O=C(CN1CCC[C@@H](N2CCNC2=O)C1)N1CCc2ccccc2C1. The maximum absolute atomic E-state index is 12.8. The number of hydrogen-bond donors (Lipinski definition) is 1. The van der Waals surface area contributed by atoms with Crippen molar-refractivity contribution in [3.63, 3.8) is 0 Å². The minimum absolute atomic E-state index is 0.0471. The number of likely N-dealkylation sites (tertiary alicyclic amines) is 1. The summed E-state index contributed by atoms with van der Waals surface area (Å²) in [6.07, 6.45) is 3.03. The predicted octanol–water partition coefficient (Wildman–Crippen LogP) is 1.06. The van der Waals surface area contributed by atoms with E-state index >= 15 is 0 Å². The lowest BCUT2D eigenvalue weighted by atomic mass is 10.00. The number of nitrogens with zero attached hydrogens (tertiary/aromatic N) is 3. The summed E-state index contributed by atoms with van der Waals surface area (Å²) < 4.78 is 0. The van der Waals surface area contributed by atoms with Crippen LogP contribution < -0.4 is 5.32 Å². The lowest BCUT2D eigenvalue weighted by Gasteiger charge is -2.38. The van der Waals surface area contributed by atoms with E-state index in [2.05, 4.69) is 28.4 Å². The third kappa shape index (κ3) is 3.49. The first-order chi connectivity index (χ1) is 12.2. The second kappa shape index (κ2) is 7.04. The number of benzene rings is 1. The van der Waals surface area contributed by atoms with Gasteiger partial charge in [0, 0.05) is 38.8 Å². The summed E-state index contributed by atoms with van der Waals surface area (Å²) in [5.41, 5.74) is 2.64. The van der Waals surface area contributed by atoms with Gasteiger partial charge in [-0.3, -0.25) is 9.69 Å². The number of amides is 3. The van der Waals surface area contributed by atoms with Crippen molar-refractivity contribution in [2.45, 2.75) is 31.8 Å². The minimum Gasteiger partial charge on any atom is -0.337 e. The van der Waals surface area contributed by atoms with E-state index < -0.39 is 0 Å². The van der Waals surface area contributed by atoms with E-state index in [1.165, 1.54) is 11.1 Å². The van der Waals surface area contributed by atoms with Crippen LogP contribution in [0.5, 0.6) is 0 Å². The van der Waals surface area contributed by atoms with E-state index in [9.17, 15) is 9.59 Å². The number of piperidine rings is 1. The van der Waals surface area contributed by atoms with Crippen molar-refractivity contribution in [2.24, 2.45) is 0 Å². The van der Waals surface area contributed by atoms with Crippen LogP contribution in [0, 0.1) is 0 Å². The van der Waals surface area contributed by atoms with Gasteiger partial charge in [0.25, 0.3) is 0 Å². The highest BCUT2D eigenvalue weighted by molar-refractivity contribution is 5.79. The van der Waals surface area contributed by atoms with Crippen LogP contribution in [0.25, 0.3) is 0 Å². The summed E-state index contributed by atoms with van der Waals surface area (Å²) in [5, 5.41) is 2.88. The Morgan fingerprint density at radius 1 is 1.16 bits per heavy atom. The Morgan fingerprint density at radius 3 is 2.80 bits per heavy atom. The average molecular weight is 342 g/mol. The smallest absolute Gasteiger partial charge is 0.317 e. The van der Waals surface area contributed by atoms with Crippen molar-refractivity contribution >= 4 is 11.9 Å². The molecule has 25 heavy (non-hydrogen) atoms. The van der Waals surface area contributed by atoms with Crippen molar-refractivity contribution < 1.29 is 9.59 Å². The molecule has 3 aliphatic rings. The molecule has 2 fully saturated rings. The standard InChI is InChI=1S/C19H26N4O2/c24-18(22-10-7-15-4-1-2-5-16(15)12-22)14-21-9-3-6-17(13-21)23-11-8-20-19(23)25/h1-2,4-5,17H,3,6-14H2,(H,20,25)/t17-/m1/s1. The zero-order chi connectivity index (χ0) is 17.2. The van der Waals surface area contributed by atoms with Gasteiger partial charge in [-0.2, -0.15) is 0 Å². The minimum atomic E-state index is 0.0471. The summed E-state index contributed by atoms with van der Waals surface area (Å²) >= 11 is 0. The molecule has 0 radical (unpaired) electrons. The first-order valence-electron chi connectivity index (χ1n) is 9.32. The van der Waals surface area contributed by atoms with Gasteiger partial charge in [-0.05, 0) is 36.9 Å². The summed E-state index contributed by atoms with van der Waals surface area (Å²) in [6, 6.07) is 8.68. The number of rotatable bonds is 3. The topological polar surface area (TPSA) is 55.9 Å². The molecule has 4 rings (SSSR count). The molecule has 0 unspecified atom stereocenters. The highest BCUT2D eigenvalue weighted by Crippen LogP contribution is 2.20. The van der Waals surface area contributed by atoms with Crippen LogP contribution in [0.3, 0.4) is 0 Å². The van der Waals surface area contributed by atoms with Crippen molar-refractivity contribution in [3.05, 3.63) is 35.4 Å². The van der Waals surface area contributed by atoms with Gasteiger partial charge in [-0.15, -0.1) is 0 Å². The Balaban J connectivity index is 1.34. The number of carbonyl (C=O) groups is 2. The second-order valence-corrected chi connectivity index (χ2v) is 7.29. The fraction of sp³-hybridized carbons (Fsp3) is 0.579. The van der Waals surface area contributed by atoms with E-state index in [1.807, 2.05) is 15.9 Å². The fourth-order valence-electron chi connectivity index (χ4n) is 4.26. The van der Waals surface area contributed by atoms with Crippen LogP contribution in [0.15, 0.2) is 24.3 Å². The van der Waals surface area contributed by atoms with Gasteiger partial charge in [0.15, 0.2) is 0 Å². The number of hydrogen-bond acceptors (Lipinski definition) is 3. The van der Waals surface area contributed by atoms with Crippen molar-refractivity contribution in [1.29, 1.82) is 0 Å². The lowest BCUT2D eigenvalue weighted by molar-refractivity contribution is -0.133. The molecule has 1 aromatic carbocycles. The molecule has 2 saturated heterocycles. The Bertz CT molecular complexity index is 663. The Morgan fingerprint density at radius 2 is 2.00 bits per heavy atom. The number of urea groups is 1. The Hall–Kier alpha value is -2.08. The average Bonchev–Trinajstić information content (AvgIpc) is 3.07. The molecule has 3 amide bonds. The van der Waals surface area contributed by atoms with Gasteiger partial charge in [0.1, 0.15) is 0 Å². The van der Waals surface area contributed by atoms with Crippen molar-refractivity contribution in [1.82, 2.24) is 20.0 Å². The van der Waals surface area contributed by atoms with E-state index in [0.29, 0.717) is 6.54 Å². The first-order valence-corrected chi connectivity index (χ1v) is 9.32. The lowest BCUT2D eigenvalue weighted by Crippen LogP contribution is -2.51. The number of fused-ring (bicyclic) bond motifs is 1. The molecule has 1 N–H and O–H groups in total. The van der Waals surface area contributed by atoms with Crippen LogP contribution in [0.1, 0.15) is 24.0 Å². The predicted molar refractivity (Wildman–Crippen MR) is 95.1 cm³/mol. The highest BCUT2D eigenvalue weighted by atomic mass is 16.2. The third-order valence-electron chi connectivity index (χ3n) is 5.65. The Labute approximate surface area is 148 Å². The van der Waals surface area contributed by atoms with Gasteiger partial charge in [-0.1, -0.05) is 24.3 Å². The monoisotopic (exact) mass is 342 g/mol. The molecule has 6 nitrogen and oxygen atoms in total. The molecule has 0 aliphatic carbocycles. The van der Waals surface area contributed by atoms with Crippen molar-refractivity contribution in [2.75, 3.05) is 39.3 Å². The maximum atomic E-state index is 12.8.